The van der Waals surface area contributed by atoms with Crippen LogP contribution >= 0.6 is 11.6 Å². The van der Waals surface area contributed by atoms with Gasteiger partial charge < -0.3 is 10.7 Å². The third-order valence-corrected chi connectivity index (χ3v) is 3.93. The van der Waals surface area contributed by atoms with Crippen molar-refractivity contribution in [3.05, 3.63) is 59.8 Å². The molecular weight excluding hydrogens is 367 g/mol. The number of hydrogen-bond donors (Lipinski definition) is 2. The number of fused-ring (bicyclic) bond motifs is 1. The van der Waals surface area contributed by atoms with E-state index in [1.54, 1.807) is 0 Å². The number of nitrogens with zero attached hydrogens (tertiary/aromatic N) is 3. The van der Waals surface area contributed by atoms with Crippen molar-refractivity contribution in [2.24, 2.45) is 0 Å². The number of aromatic nitrogens is 3. The maximum Gasteiger partial charge on any atom is 0.139 e. The molecule has 0 aliphatic rings. The van der Waals surface area contributed by atoms with Crippen LogP contribution in [0.15, 0.2) is 37.2 Å². The van der Waals surface area contributed by atoms with Crippen molar-refractivity contribution in [1.29, 1.82) is 5.41 Å². The van der Waals surface area contributed by atoms with E-state index in [1.807, 2.05) is 0 Å². The Bertz CT molecular complexity index is 994. The summed E-state index contributed by atoms with van der Waals surface area (Å²) in [6.45, 7) is 3.59. The topological polar surface area (TPSA) is 74.6 Å². The van der Waals surface area contributed by atoms with Crippen molar-refractivity contribution >= 4 is 34.4 Å². The Morgan fingerprint density at radius 2 is 1.77 bits per heavy atom. The van der Waals surface area contributed by atoms with Gasteiger partial charge in [-0.05, 0) is 0 Å². The molecule has 5 nitrogen and oxygen atoms in total. The molecule has 0 spiro atoms. The number of nitrogens with one attached hydrogen (secondary N) is 2. The monoisotopic (exact) mass is 377 g/mol. The van der Waals surface area contributed by atoms with E-state index in [0.717, 1.165) is 6.21 Å². The molecule has 0 saturated heterocycles. The average Bonchev–Trinajstić information content (AvgIpc) is 2.60. The Morgan fingerprint density at radius 1 is 1.12 bits per heavy atom. The number of benzene rings is 1. The number of hydrogen-bond acceptors (Lipinski definition) is 5. The molecule has 3 rings (SSSR count). The van der Waals surface area contributed by atoms with Crippen LogP contribution < -0.4 is 5.32 Å². The van der Waals surface area contributed by atoms with Crippen LogP contribution in [-0.4, -0.2) is 27.4 Å². The molecule has 0 bridgehead atoms. The van der Waals surface area contributed by atoms with Gasteiger partial charge in [0.15, 0.2) is 0 Å². The van der Waals surface area contributed by atoms with Gasteiger partial charge in [-0.1, -0.05) is 17.7 Å². The third-order valence-electron chi connectivity index (χ3n) is 3.66. The summed E-state index contributed by atoms with van der Waals surface area (Å²) in [6, 6.07) is 0.444. The fourth-order valence-electron chi connectivity index (χ4n) is 2.49. The quantitative estimate of drug-likeness (QED) is 0.393. The van der Waals surface area contributed by atoms with Gasteiger partial charge in [-0.25, -0.2) is 18.2 Å². The Hall–Kier alpha value is -3.00. The van der Waals surface area contributed by atoms with Gasteiger partial charge >= 0.3 is 0 Å². The second kappa shape index (κ2) is 7.09. The molecule has 2 N–H and O–H groups in total. The van der Waals surface area contributed by atoms with Crippen molar-refractivity contribution in [3.8, 4) is 11.1 Å². The average molecular weight is 378 g/mol. The van der Waals surface area contributed by atoms with Crippen molar-refractivity contribution < 1.29 is 13.2 Å². The van der Waals surface area contributed by atoms with Crippen LogP contribution in [0.3, 0.4) is 0 Å². The Kier molecular flexibility index (Phi) is 4.85. The van der Waals surface area contributed by atoms with Crippen LogP contribution in [0.4, 0.5) is 18.9 Å². The van der Waals surface area contributed by atoms with Gasteiger partial charge in [-0.2, -0.15) is 10.2 Å². The van der Waals surface area contributed by atoms with E-state index < -0.39 is 29.1 Å². The molecule has 26 heavy (non-hydrogen) atoms. The van der Waals surface area contributed by atoms with Crippen molar-refractivity contribution in [2.45, 2.75) is 6.04 Å². The van der Waals surface area contributed by atoms with Gasteiger partial charge in [0.25, 0.3) is 0 Å². The first-order chi connectivity index (χ1) is 12.5. The number of pyridine rings is 1. The van der Waals surface area contributed by atoms with Crippen molar-refractivity contribution in [3.63, 3.8) is 0 Å². The van der Waals surface area contributed by atoms with Crippen molar-refractivity contribution in [1.82, 2.24) is 15.2 Å². The van der Waals surface area contributed by atoms with E-state index in [2.05, 4.69) is 27.1 Å². The normalized spacial score (nSPS) is 12.0. The standard InChI is InChI=1S/C17H11ClF3N5/c1-2-9(5-22)25-16-10-6-23-24-7-13(10)26-17(18)15(16)14-11(20)3-8(19)4-12(14)21/h2-7,9,22H,1H2,(H,25,26). The SMILES string of the molecule is C=CC(C=N)Nc1c(-c2c(F)cc(F)cc2F)c(Cl)nc2cnncc12. The predicted octanol–water partition coefficient (Wildman–Crippen LogP) is 4.38. The van der Waals surface area contributed by atoms with Gasteiger partial charge in [-0.3, -0.25) is 0 Å². The summed E-state index contributed by atoms with van der Waals surface area (Å²) >= 11 is 6.19. The smallest absolute Gasteiger partial charge is 0.139 e. The van der Waals surface area contributed by atoms with E-state index in [9.17, 15) is 13.2 Å². The first-order valence-corrected chi connectivity index (χ1v) is 7.68. The van der Waals surface area contributed by atoms with Crippen LogP contribution in [0.1, 0.15) is 0 Å². The zero-order valence-corrected chi connectivity index (χ0v) is 13.9. The second-order valence-electron chi connectivity index (χ2n) is 5.26. The maximum atomic E-state index is 14.4. The lowest BCUT2D eigenvalue weighted by molar-refractivity contribution is 0.548. The summed E-state index contributed by atoms with van der Waals surface area (Å²) in [5, 5.41) is 18.0. The number of anilines is 1. The van der Waals surface area contributed by atoms with Crippen LogP contribution in [-0.2, 0) is 0 Å². The van der Waals surface area contributed by atoms with Crippen molar-refractivity contribution in [2.75, 3.05) is 5.32 Å². The summed E-state index contributed by atoms with van der Waals surface area (Å²) in [7, 11) is 0. The minimum Gasteiger partial charge on any atom is -0.373 e. The minimum atomic E-state index is -1.14. The zero-order chi connectivity index (χ0) is 18.8. The van der Waals surface area contributed by atoms with Crippen LogP contribution in [0.2, 0.25) is 5.15 Å². The molecule has 3 aromatic rings. The van der Waals surface area contributed by atoms with Gasteiger partial charge in [0.05, 0.1) is 35.2 Å². The molecule has 0 aliphatic carbocycles. The summed E-state index contributed by atoms with van der Waals surface area (Å²) in [5.41, 5.74) is -0.159. The highest BCUT2D eigenvalue weighted by Gasteiger charge is 2.24. The molecule has 1 aromatic carbocycles. The fourth-order valence-corrected chi connectivity index (χ4v) is 2.77. The fraction of sp³-hybridized carbons (Fsp3) is 0.0588. The van der Waals surface area contributed by atoms with Gasteiger partial charge in [0.1, 0.15) is 22.6 Å². The first-order valence-electron chi connectivity index (χ1n) is 7.30. The molecule has 0 aliphatic heterocycles. The molecule has 1 atom stereocenters. The summed E-state index contributed by atoms with van der Waals surface area (Å²) in [5.74, 6) is -3.33. The number of rotatable bonds is 5. The minimum absolute atomic E-state index is 0.115. The van der Waals surface area contributed by atoms with E-state index in [1.165, 1.54) is 18.5 Å². The zero-order valence-electron chi connectivity index (χ0n) is 13.1. The molecule has 0 radical (unpaired) electrons. The van der Waals surface area contributed by atoms with Gasteiger partial charge in [0, 0.05) is 29.3 Å². The number of halogens is 4. The van der Waals surface area contributed by atoms with Crippen LogP contribution in [0, 0.1) is 22.9 Å². The molecular formula is C17H11ClF3N5. The molecule has 132 valence electrons. The second-order valence-corrected chi connectivity index (χ2v) is 5.62. The molecule has 2 heterocycles. The third kappa shape index (κ3) is 3.11. The van der Waals surface area contributed by atoms with E-state index in [4.69, 9.17) is 17.0 Å². The summed E-state index contributed by atoms with van der Waals surface area (Å²) in [4.78, 5) is 4.09. The van der Waals surface area contributed by atoms with Gasteiger partial charge in [-0.15, -0.1) is 6.58 Å². The Morgan fingerprint density at radius 3 is 2.38 bits per heavy atom. The maximum absolute atomic E-state index is 14.4. The molecule has 2 aromatic heterocycles. The van der Waals surface area contributed by atoms with E-state index in [0.29, 0.717) is 23.0 Å². The molecule has 0 amide bonds. The van der Waals surface area contributed by atoms with Gasteiger partial charge in [0.2, 0.25) is 0 Å². The first kappa shape index (κ1) is 17.8. The lowest BCUT2D eigenvalue weighted by Crippen LogP contribution is -2.19. The lowest BCUT2D eigenvalue weighted by atomic mass is 10.0. The highest BCUT2D eigenvalue weighted by Crippen LogP contribution is 2.41. The molecule has 1 unspecified atom stereocenters. The largest absolute Gasteiger partial charge is 0.373 e. The Balaban J connectivity index is 2.39. The molecule has 9 heteroatoms. The highest BCUT2D eigenvalue weighted by atomic mass is 35.5. The predicted molar refractivity (Wildman–Crippen MR) is 94.0 cm³/mol. The molecule has 0 fully saturated rings. The molecule has 0 saturated carbocycles. The van der Waals surface area contributed by atoms with Crippen LogP contribution in [0.5, 0.6) is 0 Å². The summed E-state index contributed by atoms with van der Waals surface area (Å²) < 4.78 is 42.0. The van der Waals surface area contributed by atoms with Crippen LogP contribution in [0.25, 0.3) is 22.0 Å². The van der Waals surface area contributed by atoms with E-state index >= 15 is 0 Å². The lowest BCUT2D eigenvalue weighted by Gasteiger charge is -2.19. The Labute approximate surface area is 151 Å². The van der Waals surface area contributed by atoms with E-state index in [-0.39, 0.29) is 16.4 Å². The summed E-state index contributed by atoms with van der Waals surface area (Å²) in [6.07, 6.45) is 5.14. The highest BCUT2D eigenvalue weighted by molar-refractivity contribution is 6.34.